The highest BCUT2D eigenvalue weighted by atomic mass is 15.2. The van der Waals surface area contributed by atoms with Gasteiger partial charge in [0.05, 0.1) is 6.04 Å². The number of aromatic amines is 1. The van der Waals surface area contributed by atoms with E-state index >= 15 is 0 Å². The quantitative estimate of drug-likeness (QED) is 0.900. The van der Waals surface area contributed by atoms with Gasteiger partial charge < -0.3 is 4.98 Å². The first-order valence-corrected chi connectivity index (χ1v) is 7.71. The van der Waals surface area contributed by atoms with E-state index in [9.17, 15) is 0 Å². The van der Waals surface area contributed by atoms with Crippen molar-refractivity contribution < 1.29 is 0 Å². The van der Waals surface area contributed by atoms with Crippen molar-refractivity contribution in [1.29, 1.82) is 0 Å². The highest BCUT2D eigenvalue weighted by Gasteiger charge is 2.24. The van der Waals surface area contributed by atoms with Gasteiger partial charge in [0, 0.05) is 12.4 Å². The monoisotopic (exact) mass is 269 g/mol. The molecule has 0 bridgehead atoms. The van der Waals surface area contributed by atoms with Crippen LogP contribution >= 0.6 is 0 Å². The molecule has 1 atom stereocenters. The fourth-order valence-corrected chi connectivity index (χ4v) is 3.16. The van der Waals surface area contributed by atoms with E-state index in [4.69, 9.17) is 0 Å². The molecule has 0 saturated carbocycles. The molecule has 3 nitrogen and oxygen atoms in total. The molecule has 1 aliphatic rings. The van der Waals surface area contributed by atoms with Crippen LogP contribution in [0.1, 0.15) is 43.1 Å². The molecule has 1 fully saturated rings. The second-order valence-electron chi connectivity index (χ2n) is 5.61. The lowest BCUT2D eigenvalue weighted by Gasteiger charge is -2.34. The first-order valence-electron chi connectivity index (χ1n) is 7.71. The number of imidazole rings is 1. The normalized spacial score (nSPS) is 20.1. The maximum Gasteiger partial charge on any atom is 0.123 e. The van der Waals surface area contributed by atoms with Crippen LogP contribution in [0.3, 0.4) is 0 Å². The molecular weight excluding hydrogens is 246 g/mol. The summed E-state index contributed by atoms with van der Waals surface area (Å²) in [5, 5.41) is 0. The third kappa shape index (κ3) is 3.28. The van der Waals surface area contributed by atoms with Crippen LogP contribution in [-0.4, -0.2) is 28.0 Å². The van der Waals surface area contributed by atoms with E-state index in [0.717, 1.165) is 5.82 Å². The third-order valence-corrected chi connectivity index (χ3v) is 4.20. The number of aromatic nitrogens is 2. The van der Waals surface area contributed by atoms with Gasteiger partial charge in [0.2, 0.25) is 0 Å². The number of benzene rings is 1. The third-order valence-electron chi connectivity index (χ3n) is 4.20. The minimum absolute atomic E-state index is 0.495. The number of H-pyrrole nitrogens is 1. The Labute approximate surface area is 121 Å². The van der Waals surface area contributed by atoms with E-state index in [1.54, 1.807) is 0 Å². The number of rotatable bonds is 5. The summed E-state index contributed by atoms with van der Waals surface area (Å²) >= 11 is 0. The van der Waals surface area contributed by atoms with Crippen molar-refractivity contribution in [2.45, 2.75) is 38.1 Å². The molecule has 1 aromatic heterocycles. The van der Waals surface area contributed by atoms with Crippen LogP contribution in [0.5, 0.6) is 0 Å². The van der Waals surface area contributed by atoms with Crippen LogP contribution in [0.2, 0.25) is 0 Å². The molecule has 1 aliphatic heterocycles. The lowest BCUT2D eigenvalue weighted by atomic mass is 10.0. The number of likely N-dealkylation sites (tertiary alicyclic amines) is 1. The Morgan fingerprint density at radius 1 is 1.20 bits per heavy atom. The van der Waals surface area contributed by atoms with Crippen LogP contribution in [0.15, 0.2) is 42.7 Å². The fourth-order valence-electron chi connectivity index (χ4n) is 3.16. The molecule has 2 heterocycles. The molecule has 3 rings (SSSR count). The van der Waals surface area contributed by atoms with Crippen LogP contribution in [-0.2, 0) is 6.42 Å². The number of piperidine rings is 1. The van der Waals surface area contributed by atoms with Crippen molar-refractivity contribution in [3.8, 4) is 0 Å². The van der Waals surface area contributed by atoms with Gasteiger partial charge in [-0.2, -0.15) is 0 Å². The van der Waals surface area contributed by atoms with E-state index < -0.39 is 0 Å². The molecule has 2 aromatic rings. The first kappa shape index (κ1) is 13.4. The second kappa shape index (κ2) is 6.71. The number of nitrogens with zero attached hydrogens (tertiary/aromatic N) is 2. The lowest BCUT2D eigenvalue weighted by molar-refractivity contribution is 0.141. The molecule has 1 N–H and O–H groups in total. The Morgan fingerprint density at radius 3 is 2.90 bits per heavy atom. The van der Waals surface area contributed by atoms with Gasteiger partial charge >= 0.3 is 0 Å². The molecule has 0 amide bonds. The minimum Gasteiger partial charge on any atom is -0.347 e. The summed E-state index contributed by atoms with van der Waals surface area (Å²) in [7, 11) is 0. The molecule has 3 heteroatoms. The van der Waals surface area contributed by atoms with Crippen LogP contribution < -0.4 is 0 Å². The summed E-state index contributed by atoms with van der Waals surface area (Å²) in [6, 6.07) is 11.3. The summed E-state index contributed by atoms with van der Waals surface area (Å²) in [4.78, 5) is 10.4. The van der Waals surface area contributed by atoms with E-state index in [2.05, 4.69) is 45.2 Å². The number of hydrogen-bond acceptors (Lipinski definition) is 2. The Morgan fingerprint density at radius 2 is 2.10 bits per heavy atom. The lowest BCUT2D eigenvalue weighted by Crippen LogP contribution is -2.35. The van der Waals surface area contributed by atoms with Gasteiger partial charge in [-0.3, -0.25) is 4.90 Å². The summed E-state index contributed by atoms with van der Waals surface area (Å²) in [6.45, 7) is 2.38. The number of aryl methyl sites for hydroxylation is 1. The SMILES string of the molecule is c1ccc(CCCN2CCCCC2c2ncc[nH]2)cc1. The van der Waals surface area contributed by atoms with Crippen molar-refractivity contribution in [2.75, 3.05) is 13.1 Å². The van der Waals surface area contributed by atoms with Gasteiger partial charge in [-0.1, -0.05) is 36.8 Å². The Hall–Kier alpha value is -1.61. The Balaban J connectivity index is 1.55. The summed E-state index contributed by atoms with van der Waals surface area (Å²) in [5.74, 6) is 1.14. The number of hydrogen-bond donors (Lipinski definition) is 1. The maximum atomic E-state index is 4.46. The highest BCUT2D eigenvalue weighted by molar-refractivity contribution is 5.14. The molecule has 1 unspecified atom stereocenters. The topological polar surface area (TPSA) is 31.9 Å². The van der Waals surface area contributed by atoms with Crippen molar-refractivity contribution in [3.05, 3.63) is 54.1 Å². The van der Waals surface area contributed by atoms with Gasteiger partial charge in [-0.25, -0.2) is 4.98 Å². The van der Waals surface area contributed by atoms with E-state index in [1.807, 2.05) is 12.4 Å². The Kier molecular flexibility index (Phi) is 4.49. The predicted octanol–water partition coefficient (Wildman–Crippen LogP) is 3.57. The van der Waals surface area contributed by atoms with E-state index in [-0.39, 0.29) is 0 Å². The zero-order valence-electron chi connectivity index (χ0n) is 12.0. The average Bonchev–Trinajstić information content (AvgIpc) is 3.03. The minimum atomic E-state index is 0.495. The van der Waals surface area contributed by atoms with Crippen LogP contribution in [0.25, 0.3) is 0 Å². The van der Waals surface area contributed by atoms with Crippen LogP contribution in [0, 0.1) is 0 Å². The van der Waals surface area contributed by atoms with Gasteiger partial charge in [0.1, 0.15) is 5.82 Å². The molecule has 1 saturated heterocycles. The van der Waals surface area contributed by atoms with E-state index in [0.29, 0.717) is 6.04 Å². The van der Waals surface area contributed by atoms with Gasteiger partial charge in [0.25, 0.3) is 0 Å². The van der Waals surface area contributed by atoms with Crippen LogP contribution in [0.4, 0.5) is 0 Å². The second-order valence-corrected chi connectivity index (χ2v) is 5.61. The standard InChI is InChI=1S/C17H23N3/c1-2-7-15(8-3-1)9-6-14-20-13-5-4-10-16(20)17-18-11-12-19-17/h1-3,7-8,11-12,16H,4-6,9-10,13-14H2,(H,18,19). The molecule has 1 aromatic carbocycles. The molecule has 0 radical (unpaired) electrons. The molecule has 0 aliphatic carbocycles. The smallest absolute Gasteiger partial charge is 0.123 e. The largest absolute Gasteiger partial charge is 0.347 e. The fraction of sp³-hybridized carbons (Fsp3) is 0.471. The average molecular weight is 269 g/mol. The molecule has 0 spiro atoms. The molecule has 106 valence electrons. The summed E-state index contributed by atoms with van der Waals surface area (Å²) < 4.78 is 0. The first-order chi connectivity index (χ1) is 9.93. The van der Waals surface area contributed by atoms with Crippen molar-refractivity contribution in [2.24, 2.45) is 0 Å². The van der Waals surface area contributed by atoms with Gasteiger partial charge in [0.15, 0.2) is 0 Å². The Bertz CT molecular complexity index is 492. The predicted molar refractivity (Wildman–Crippen MR) is 81.5 cm³/mol. The van der Waals surface area contributed by atoms with Gasteiger partial charge in [-0.05, 0) is 44.3 Å². The zero-order valence-corrected chi connectivity index (χ0v) is 12.0. The summed E-state index contributed by atoms with van der Waals surface area (Å²) in [5.41, 5.74) is 1.44. The highest BCUT2D eigenvalue weighted by Crippen LogP contribution is 2.28. The molecular formula is C17H23N3. The molecule has 20 heavy (non-hydrogen) atoms. The van der Waals surface area contributed by atoms with Crippen molar-refractivity contribution >= 4 is 0 Å². The van der Waals surface area contributed by atoms with Crippen molar-refractivity contribution in [3.63, 3.8) is 0 Å². The van der Waals surface area contributed by atoms with Crippen molar-refractivity contribution in [1.82, 2.24) is 14.9 Å². The summed E-state index contributed by atoms with van der Waals surface area (Å²) in [6.07, 6.45) is 10.1. The van der Waals surface area contributed by atoms with Gasteiger partial charge in [-0.15, -0.1) is 0 Å². The maximum absolute atomic E-state index is 4.46. The number of nitrogens with one attached hydrogen (secondary N) is 1. The zero-order chi connectivity index (χ0) is 13.6. The van der Waals surface area contributed by atoms with E-state index in [1.165, 1.54) is 50.8 Å².